The van der Waals surface area contributed by atoms with Crippen LogP contribution in [0.1, 0.15) is 52.9 Å². The second-order valence-electron chi connectivity index (χ2n) is 5.07. The van der Waals surface area contributed by atoms with Gasteiger partial charge in [-0.3, -0.25) is 0 Å². The van der Waals surface area contributed by atoms with Crippen molar-refractivity contribution in [3.05, 3.63) is 0 Å². The van der Waals surface area contributed by atoms with Crippen molar-refractivity contribution in [3.63, 3.8) is 0 Å². The van der Waals surface area contributed by atoms with Gasteiger partial charge in [0.05, 0.1) is 11.6 Å². The molecule has 0 aliphatic heterocycles. The minimum atomic E-state index is -0.508. The van der Waals surface area contributed by atoms with Gasteiger partial charge in [0.1, 0.15) is 0 Å². The third kappa shape index (κ3) is 3.10. The van der Waals surface area contributed by atoms with Crippen molar-refractivity contribution in [2.75, 3.05) is 0 Å². The van der Waals surface area contributed by atoms with Crippen LogP contribution in [0.3, 0.4) is 0 Å². The highest BCUT2D eigenvalue weighted by Crippen LogP contribution is 2.32. The lowest BCUT2D eigenvalue weighted by Crippen LogP contribution is -2.27. The zero-order chi connectivity index (χ0) is 10.7. The van der Waals surface area contributed by atoms with E-state index in [1.165, 1.54) is 6.42 Å². The molecule has 1 aliphatic rings. The van der Waals surface area contributed by atoms with Gasteiger partial charge in [-0.25, -0.2) is 0 Å². The molecule has 0 amide bonds. The number of nitriles is 1. The predicted molar refractivity (Wildman–Crippen MR) is 56.0 cm³/mol. The number of hydrogen-bond acceptors (Lipinski definition) is 3. The molecule has 0 aromatic carbocycles. The first-order valence-corrected chi connectivity index (χ1v) is 5.33. The van der Waals surface area contributed by atoms with Gasteiger partial charge in [-0.15, -0.1) is 0 Å². The number of hydrogen-bond donors (Lipinski definition) is 0. The second kappa shape index (κ2) is 4.08. The van der Waals surface area contributed by atoms with Crippen LogP contribution in [0.4, 0.5) is 0 Å². The van der Waals surface area contributed by atoms with Gasteiger partial charge in [-0.1, -0.05) is 6.42 Å². The summed E-state index contributed by atoms with van der Waals surface area (Å²) in [7, 11) is 0. The van der Waals surface area contributed by atoms with Crippen molar-refractivity contribution < 1.29 is 0 Å². The maximum absolute atomic E-state index is 9.13. The van der Waals surface area contributed by atoms with Crippen LogP contribution in [0.2, 0.25) is 0 Å². The number of azo groups is 1. The Morgan fingerprint density at radius 2 is 1.71 bits per heavy atom. The highest BCUT2D eigenvalue weighted by atomic mass is 15.2. The summed E-state index contributed by atoms with van der Waals surface area (Å²) in [6.07, 6.45) is 5.20. The van der Waals surface area contributed by atoms with Gasteiger partial charge in [0.15, 0.2) is 5.54 Å². The Bertz CT molecular complexity index is 249. The van der Waals surface area contributed by atoms with Crippen LogP contribution in [0.25, 0.3) is 0 Å². The van der Waals surface area contributed by atoms with Crippen molar-refractivity contribution >= 4 is 0 Å². The van der Waals surface area contributed by atoms with Gasteiger partial charge >= 0.3 is 0 Å². The Morgan fingerprint density at radius 3 is 2.14 bits per heavy atom. The largest absolute Gasteiger partial charge is 0.196 e. The van der Waals surface area contributed by atoms with Crippen molar-refractivity contribution in [2.45, 2.75) is 64.0 Å². The minimum absolute atomic E-state index is 0.165. The highest BCUT2D eigenvalue weighted by molar-refractivity contribution is 5.08. The molecule has 1 rings (SSSR count). The van der Waals surface area contributed by atoms with Gasteiger partial charge in [-0.05, 0) is 46.5 Å². The molecule has 0 atom stereocenters. The normalized spacial score (nSPS) is 22.1. The van der Waals surface area contributed by atoms with Crippen LogP contribution in [-0.2, 0) is 0 Å². The van der Waals surface area contributed by atoms with E-state index in [2.05, 4.69) is 16.3 Å². The third-order valence-electron chi connectivity index (χ3n) is 2.43. The molecule has 0 heterocycles. The summed E-state index contributed by atoms with van der Waals surface area (Å²) in [6.45, 7) is 6.01. The Labute approximate surface area is 86.2 Å². The maximum Gasteiger partial charge on any atom is 0.167 e. The maximum atomic E-state index is 9.13. The standard InChI is InChI=1S/C11H19N3/c1-10(2,3)13-14-11(9-12)7-5-4-6-8-11/h4-8H2,1-3H3/b14-13+. The lowest BCUT2D eigenvalue weighted by Gasteiger charge is -2.26. The minimum Gasteiger partial charge on any atom is -0.196 e. The van der Waals surface area contributed by atoms with Crippen LogP contribution >= 0.6 is 0 Å². The third-order valence-corrected chi connectivity index (χ3v) is 2.43. The Balaban J connectivity index is 2.71. The molecule has 1 aliphatic carbocycles. The van der Waals surface area contributed by atoms with Crippen LogP contribution in [-0.4, -0.2) is 11.1 Å². The summed E-state index contributed by atoms with van der Waals surface area (Å²) in [6, 6.07) is 2.33. The summed E-state index contributed by atoms with van der Waals surface area (Å²) >= 11 is 0. The van der Waals surface area contributed by atoms with Crippen LogP contribution in [0.15, 0.2) is 10.2 Å². The van der Waals surface area contributed by atoms with E-state index in [4.69, 9.17) is 5.26 Å². The van der Waals surface area contributed by atoms with E-state index in [0.717, 1.165) is 25.7 Å². The average molecular weight is 193 g/mol. The molecule has 0 aromatic rings. The number of rotatable bonds is 1. The van der Waals surface area contributed by atoms with Crippen LogP contribution < -0.4 is 0 Å². The molecule has 0 N–H and O–H groups in total. The molecule has 0 saturated heterocycles. The zero-order valence-corrected chi connectivity index (χ0v) is 9.38. The summed E-state index contributed by atoms with van der Waals surface area (Å²) in [5, 5.41) is 17.6. The van der Waals surface area contributed by atoms with Gasteiger partial charge in [0, 0.05) is 0 Å². The molecule has 3 heteroatoms. The van der Waals surface area contributed by atoms with Crippen molar-refractivity contribution in [3.8, 4) is 6.07 Å². The molecule has 78 valence electrons. The summed E-state index contributed by atoms with van der Waals surface area (Å²) < 4.78 is 0. The van der Waals surface area contributed by atoms with Crippen molar-refractivity contribution in [1.82, 2.24) is 0 Å². The van der Waals surface area contributed by atoms with Crippen LogP contribution in [0, 0.1) is 11.3 Å². The van der Waals surface area contributed by atoms with E-state index in [9.17, 15) is 0 Å². The summed E-state index contributed by atoms with van der Waals surface area (Å²) in [5.41, 5.74) is -0.674. The van der Waals surface area contributed by atoms with Crippen molar-refractivity contribution in [1.29, 1.82) is 5.26 Å². The molecule has 0 bridgehead atoms. The van der Waals surface area contributed by atoms with E-state index in [1.807, 2.05) is 20.8 Å². The monoisotopic (exact) mass is 193 g/mol. The molecule has 0 radical (unpaired) electrons. The van der Waals surface area contributed by atoms with E-state index < -0.39 is 5.54 Å². The van der Waals surface area contributed by atoms with E-state index in [0.29, 0.717) is 0 Å². The molecule has 1 saturated carbocycles. The molecule has 0 spiro atoms. The fraction of sp³-hybridized carbons (Fsp3) is 0.909. The quantitative estimate of drug-likeness (QED) is 0.588. The highest BCUT2D eigenvalue weighted by Gasteiger charge is 2.32. The van der Waals surface area contributed by atoms with Gasteiger partial charge < -0.3 is 0 Å². The fourth-order valence-corrected chi connectivity index (χ4v) is 1.62. The Kier molecular flexibility index (Phi) is 3.25. The van der Waals surface area contributed by atoms with Crippen LogP contribution in [0.5, 0.6) is 0 Å². The Hall–Kier alpha value is -0.910. The first kappa shape index (κ1) is 11.2. The zero-order valence-electron chi connectivity index (χ0n) is 9.38. The Morgan fingerprint density at radius 1 is 1.14 bits per heavy atom. The molecule has 0 aromatic heterocycles. The smallest absolute Gasteiger partial charge is 0.167 e. The topological polar surface area (TPSA) is 48.5 Å². The molecule has 0 unspecified atom stereocenters. The van der Waals surface area contributed by atoms with E-state index in [1.54, 1.807) is 0 Å². The van der Waals surface area contributed by atoms with Gasteiger partial charge in [-0.2, -0.15) is 15.5 Å². The van der Waals surface area contributed by atoms with Gasteiger partial charge in [0.25, 0.3) is 0 Å². The predicted octanol–water partition coefficient (Wildman–Crippen LogP) is 3.46. The fourth-order valence-electron chi connectivity index (χ4n) is 1.62. The lowest BCUT2D eigenvalue weighted by molar-refractivity contribution is 0.341. The van der Waals surface area contributed by atoms with Gasteiger partial charge in [0.2, 0.25) is 0 Å². The number of nitrogens with zero attached hydrogens (tertiary/aromatic N) is 3. The first-order chi connectivity index (χ1) is 6.47. The van der Waals surface area contributed by atoms with E-state index >= 15 is 0 Å². The molecule has 14 heavy (non-hydrogen) atoms. The molecule has 3 nitrogen and oxygen atoms in total. The lowest BCUT2D eigenvalue weighted by atomic mass is 9.84. The molecular weight excluding hydrogens is 174 g/mol. The summed E-state index contributed by atoms with van der Waals surface area (Å²) in [4.78, 5) is 0. The molecule has 1 fully saturated rings. The second-order valence-corrected chi connectivity index (χ2v) is 5.07. The van der Waals surface area contributed by atoms with Crippen molar-refractivity contribution in [2.24, 2.45) is 10.2 Å². The first-order valence-electron chi connectivity index (χ1n) is 5.33. The van der Waals surface area contributed by atoms with E-state index in [-0.39, 0.29) is 5.54 Å². The summed E-state index contributed by atoms with van der Waals surface area (Å²) in [5.74, 6) is 0. The molecular formula is C11H19N3. The SMILES string of the molecule is CC(C)(C)/N=N/C1(C#N)CCCCC1. The average Bonchev–Trinajstić information content (AvgIpc) is 2.15.